The Hall–Kier alpha value is -2.73. The number of carbonyl (C=O) groups is 1. The van der Waals surface area contributed by atoms with E-state index in [1.165, 1.54) is 0 Å². The van der Waals surface area contributed by atoms with E-state index in [-0.39, 0.29) is 11.9 Å². The van der Waals surface area contributed by atoms with Gasteiger partial charge in [-0.2, -0.15) is 11.8 Å². The molecular weight excluding hydrogens is 418 g/mol. The Morgan fingerprint density at radius 2 is 1.81 bits per heavy atom. The monoisotopic (exact) mass is 449 g/mol. The van der Waals surface area contributed by atoms with Crippen molar-refractivity contribution in [1.82, 2.24) is 10.1 Å². The Bertz CT molecular complexity index is 1040. The lowest BCUT2D eigenvalue weighted by molar-refractivity contribution is 0.0671. The molecule has 1 fully saturated rings. The van der Waals surface area contributed by atoms with Crippen LogP contribution in [0.15, 0.2) is 59.1 Å². The van der Waals surface area contributed by atoms with Crippen molar-refractivity contribution in [3.63, 3.8) is 0 Å². The van der Waals surface area contributed by atoms with Gasteiger partial charge in [0.05, 0.1) is 12.1 Å². The van der Waals surface area contributed by atoms with Gasteiger partial charge in [-0.3, -0.25) is 4.79 Å². The van der Waals surface area contributed by atoms with Gasteiger partial charge in [0.2, 0.25) is 5.88 Å². The first kappa shape index (κ1) is 22.5. The summed E-state index contributed by atoms with van der Waals surface area (Å²) in [7, 11) is 0. The van der Waals surface area contributed by atoms with Crippen molar-refractivity contribution in [2.24, 2.45) is 0 Å². The fourth-order valence-electron chi connectivity index (χ4n) is 4.07. The lowest BCUT2D eigenvalue weighted by Crippen LogP contribution is -2.39. The summed E-state index contributed by atoms with van der Waals surface area (Å²) in [4.78, 5) is 17.9. The lowest BCUT2D eigenvalue weighted by atomic mass is 10.0. The van der Waals surface area contributed by atoms with E-state index in [1.54, 1.807) is 0 Å². The third-order valence-electron chi connectivity index (χ3n) is 6.20. The first-order chi connectivity index (χ1) is 15.6. The summed E-state index contributed by atoms with van der Waals surface area (Å²) in [5.41, 5.74) is 4.57. The zero-order chi connectivity index (χ0) is 22.5. The van der Waals surface area contributed by atoms with Crippen LogP contribution in [0.2, 0.25) is 0 Å². The van der Waals surface area contributed by atoms with Crippen LogP contribution in [0, 0.1) is 6.92 Å². The molecule has 1 aromatic heterocycles. The number of rotatable bonds is 7. The molecule has 0 unspecified atom stereocenters. The Balaban J connectivity index is 1.76. The van der Waals surface area contributed by atoms with Crippen LogP contribution in [0.4, 0.5) is 5.88 Å². The van der Waals surface area contributed by atoms with E-state index in [1.807, 2.05) is 78.2 Å². The minimum Gasteiger partial charge on any atom is -0.339 e. The van der Waals surface area contributed by atoms with Crippen LogP contribution in [-0.2, 0) is 6.54 Å². The molecule has 0 radical (unpaired) electrons. The minimum absolute atomic E-state index is 0.0535. The van der Waals surface area contributed by atoms with Gasteiger partial charge in [-0.25, -0.2) is 0 Å². The molecular formula is C26H31N3O2S. The summed E-state index contributed by atoms with van der Waals surface area (Å²) in [5, 5.41) is 4.49. The summed E-state index contributed by atoms with van der Waals surface area (Å²) < 4.78 is 5.94. The van der Waals surface area contributed by atoms with Crippen LogP contribution in [0.25, 0.3) is 11.3 Å². The van der Waals surface area contributed by atoms with Gasteiger partial charge in [-0.15, -0.1) is 0 Å². The third kappa shape index (κ3) is 4.70. The number of aryl methyl sites for hydroxylation is 1. The highest BCUT2D eigenvalue weighted by Gasteiger charge is 2.29. The second-order valence-electron chi connectivity index (χ2n) is 8.29. The van der Waals surface area contributed by atoms with E-state index in [9.17, 15) is 4.79 Å². The molecule has 1 amide bonds. The molecule has 1 atom stereocenters. The molecule has 4 rings (SSSR count). The molecule has 3 aromatic rings. The summed E-state index contributed by atoms with van der Waals surface area (Å²) >= 11 is 1.96. The second-order valence-corrected chi connectivity index (χ2v) is 9.51. The maximum Gasteiger partial charge on any atom is 0.254 e. The Labute approximate surface area is 194 Å². The quantitative estimate of drug-likeness (QED) is 0.467. The van der Waals surface area contributed by atoms with Crippen molar-refractivity contribution in [3.8, 4) is 11.3 Å². The van der Waals surface area contributed by atoms with Crippen LogP contribution < -0.4 is 4.90 Å². The number of carbonyl (C=O) groups excluding carboxylic acids is 1. The molecule has 1 aliphatic heterocycles. The van der Waals surface area contributed by atoms with Gasteiger partial charge in [0, 0.05) is 41.8 Å². The molecule has 32 heavy (non-hydrogen) atoms. The van der Waals surface area contributed by atoms with E-state index in [0.717, 1.165) is 64.8 Å². The van der Waals surface area contributed by atoms with Gasteiger partial charge < -0.3 is 14.3 Å². The molecule has 0 bridgehead atoms. The molecule has 1 saturated heterocycles. The lowest BCUT2D eigenvalue weighted by Gasteiger charge is -2.31. The van der Waals surface area contributed by atoms with Gasteiger partial charge in [0.1, 0.15) is 5.69 Å². The first-order valence-electron chi connectivity index (χ1n) is 11.3. The van der Waals surface area contributed by atoms with E-state index in [2.05, 4.69) is 23.9 Å². The second kappa shape index (κ2) is 10.3. The molecule has 0 aliphatic carbocycles. The fraction of sp³-hybridized carbons (Fsp3) is 0.385. The van der Waals surface area contributed by atoms with Gasteiger partial charge in [-0.1, -0.05) is 60.6 Å². The van der Waals surface area contributed by atoms with Crippen LogP contribution in [-0.4, -0.2) is 46.6 Å². The zero-order valence-corrected chi connectivity index (χ0v) is 19.9. The molecule has 2 aromatic carbocycles. The van der Waals surface area contributed by atoms with Crippen molar-refractivity contribution in [1.29, 1.82) is 0 Å². The number of nitrogens with zero attached hydrogens (tertiary/aromatic N) is 3. The van der Waals surface area contributed by atoms with Crippen molar-refractivity contribution in [2.45, 2.75) is 39.8 Å². The Morgan fingerprint density at radius 3 is 2.50 bits per heavy atom. The SMILES string of the molecule is CC[C@H](C)N(Cc1c(-c2ccccc2)noc1N1CCSCC1)C(=O)c1ccccc1C. The van der Waals surface area contributed by atoms with Gasteiger partial charge in [0.25, 0.3) is 5.91 Å². The van der Waals surface area contributed by atoms with Crippen LogP contribution >= 0.6 is 11.8 Å². The van der Waals surface area contributed by atoms with Crippen molar-refractivity contribution < 1.29 is 9.32 Å². The molecule has 0 spiro atoms. The van der Waals surface area contributed by atoms with Gasteiger partial charge in [0.15, 0.2) is 0 Å². The smallest absolute Gasteiger partial charge is 0.254 e. The van der Waals surface area contributed by atoms with Crippen LogP contribution in [0.1, 0.15) is 41.8 Å². The van der Waals surface area contributed by atoms with Crippen molar-refractivity contribution in [3.05, 3.63) is 71.3 Å². The summed E-state index contributed by atoms with van der Waals surface area (Å²) in [6.45, 7) is 8.55. The average molecular weight is 450 g/mol. The Kier molecular flexibility index (Phi) is 7.20. The van der Waals surface area contributed by atoms with Gasteiger partial charge >= 0.3 is 0 Å². The van der Waals surface area contributed by atoms with E-state index < -0.39 is 0 Å². The van der Waals surface area contributed by atoms with E-state index >= 15 is 0 Å². The Morgan fingerprint density at radius 1 is 1.12 bits per heavy atom. The maximum atomic E-state index is 13.7. The average Bonchev–Trinajstić information content (AvgIpc) is 3.26. The number of aromatic nitrogens is 1. The number of hydrogen-bond acceptors (Lipinski definition) is 5. The van der Waals surface area contributed by atoms with E-state index in [4.69, 9.17) is 4.52 Å². The number of thioether (sulfide) groups is 1. The summed E-state index contributed by atoms with van der Waals surface area (Å²) in [5.74, 6) is 2.99. The highest BCUT2D eigenvalue weighted by Crippen LogP contribution is 2.34. The predicted octanol–water partition coefficient (Wildman–Crippen LogP) is 5.64. The normalized spacial score (nSPS) is 14.9. The maximum absolute atomic E-state index is 13.7. The minimum atomic E-state index is 0.0535. The largest absolute Gasteiger partial charge is 0.339 e. The molecule has 1 aliphatic rings. The molecule has 6 heteroatoms. The highest BCUT2D eigenvalue weighted by atomic mass is 32.2. The number of hydrogen-bond donors (Lipinski definition) is 0. The zero-order valence-electron chi connectivity index (χ0n) is 19.1. The standard InChI is InChI=1S/C26H31N3O2S/c1-4-20(3)29(25(30)22-13-9-8-10-19(22)2)18-23-24(21-11-6-5-7-12-21)27-31-26(23)28-14-16-32-17-15-28/h5-13,20H,4,14-18H2,1-3H3/t20-/m0/s1. The summed E-state index contributed by atoms with van der Waals surface area (Å²) in [6, 6.07) is 18.0. The molecule has 5 nitrogen and oxygen atoms in total. The molecule has 0 N–H and O–H groups in total. The topological polar surface area (TPSA) is 49.6 Å². The van der Waals surface area contributed by atoms with Crippen molar-refractivity contribution >= 4 is 23.6 Å². The number of benzene rings is 2. The molecule has 0 saturated carbocycles. The van der Waals surface area contributed by atoms with Crippen LogP contribution in [0.3, 0.4) is 0 Å². The number of amides is 1. The van der Waals surface area contributed by atoms with Crippen LogP contribution in [0.5, 0.6) is 0 Å². The fourth-order valence-corrected chi connectivity index (χ4v) is 4.97. The highest BCUT2D eigenvalue weighted by molar-refractivity contribution is 7.99. The molecule has 2 heterocycles. The van der Waals surface area contributed by atoms with Gasteiger partial charge in [-0.05, 0) is 31.9 Å². The number of anilines is 1. The molecule has 168 valence electrons. The predicted molar refractivity (Wildman–Crippen MR) is 132 cm³/mol. The van der Waals surface area contributed by atoms with Crippen molar-refractivity contribution in [2.75, 3.05) is 29.5 Å². The third-order valence-corrected chi connectivity index (χ3v) is 7.14. The first-order valence-corrected chi connectivity index (χ1v) is 12.5. The summed E-state index contributed by atoms with van der Waals surface area (Å²) in [6.07, 6.45) is 0.874. The van der Waals surface area contributed by atoms with E-state index in [0.29, 0.717) is 6.54 Å².